The predicted octanol–water partition coefficient (Wildman–Crippen LogP) is 0.638. The molecule has 0 spiro atoms. The molecule has 3 aliphatic heterocycles. The average Bonchev–Trinajstić information content (AvgIpc) is 2.62. The van der Waals surface area contributed by atoms with Crippen LogP contribution in [0.4, 0.5) is 0 Å². The van der Waals surface area contributed by atoms with Crippen molar-refractivity contribution in [1.29, 1.82) is 0 Å². The van der Waals surface area contributed by atoms with Crippen LogP contribution in [0.1, 0.15) is 19.3 Å². The van der Waals surface area contributed by atoms with Gasteiger partial charge in [-0.15, -0.1) is 0 Å². The topological polar surface area (TPSA) is 32.8 Å². The van der Waals surface area contributed by atoms with Gasteiger partial charge in [0.15, 0.2) is 0 Å². The molecule has 0 aromatic rings. The summed E-state index contributed by atoms with van der Waals surface area (Å²) in [6, 6.07) is 1.12. The summed E-state index contributed by atoms with van der Waals surface area (Å²) in [6.45, 7) is 3.51. The van der Waals surface area contributed by atoms with Crippen LogP contribution in [0, 0.1) is 0 Å². The number of amides is 1. The third kappa shape index (κ3) is 2.24. The minimum absolute atomic E-state index is 0.278. The van der Waals surface area contributed by atoms with Crippen LogP contribution in [0.2, 0.25) is 0 Å². The third-order valence-electron chi connectivity index (χ3n) is 4.14. The van der Waals surface area contributed by atoms with Gasteiger partial charge in [0, 0.05) is 25.2 Å². The predicted molar refractivity (Wildman–Crippen MR) is 64.7 cm³/mol. The largest absolute Gasteiger partial charge is 0.378 e. The highest BCUT2D eigenvalue weighted by Gasteiger charge is 2.35. The van der Waals surface area contributed by atoms with E-state index >= 15 is 0 Å². The molecule has 2 unspecified atom stereocenters. The number of carbonyl (C=O) groups is 1. The number of morpholine rings is 1. The number of fused-ring (bicyclic) bond motifs is 2. The molecular formula is C13H20N2O2. The molecule has 17 heavy (non-hydrogen) atoms. The van der Waals surface area contributed by atoms with Crippen LogP contribution in [-0.2, 0) is 9.53 Å². The van der Waals surface area contributed by atoms with E-state index in [0.29, 0.717) is 31.8 Å². The highest BCUT2D eigenvalue weighted by molar-refractivity contribution is 5.78. The fourth-order valence-electron chi connectivity index (χ4n) is 3.13. The maximum Gasteiger partial charge on any atom is 0.236 e. The van der Waals surface area contributed by atoms with Gasteiger partial charge >= 0.3 is 0 Å². The second-order valence-corrected chi connectivity index (χ2v) is 5.13. The van der Waals surface area contributed by atoms with Crippen LogP contribution in [-0.4, -0.2) is 60.6 Å². The van der Waals surface area contributed by atoms with Crippen LogP contribution < -0.4 is 0 Å². The molecule has 94 valence electrons. The van der Waals surface area contributed by atoms with E-state index in [4.69, 9.17) is 4.74 Å². The zero-order valence-electron chi connectivity index (χ0n) is 10.2. The Kier molecular flexibility index (Phi) is 3.16. The highest BCUT2D eigenvalue weighted by Crippen LogP contribution is 2.31. The van der Waals surface area contributed by atoms with Gasteiger partial charge in [0.1, 0.15) is 0 Å². The van der Waals surface area contributed by atoms with E-state index < -0.39 is 0 Å². The maximum absolute atomic E-state index is 12.2. The zero-order valence-corrected chi connectivity index (χ0v) is 10.2. The molecule has 4 nitrogen and oxygen atoms in total. The van der Waals surface area contributed by atoms with Crippen LogP contribution in [0.15, 0.2) is 12.2 Å². The van der Waals surface area contributed by atoms with Gasteiger partial charge < -0.3 is 9.64 Å². The molecule has 0 aromatic heterocycles. The molecule has 2 bridgehead atoms. The number of ether oxygens (including phenoxy) is 1. The van der Waals surface area contributed by atoms with E-state index in [-0.39, 0.29) is 5.91 Å². The van der Waals surface area contributed by atoms with E-state index in [2.05, 4.69) is 17.1 Å². The third-order valence-corrected chi connectivity index (χ3v) is 4.14. The Bertz CT molecular complexity index is 323. The average molecular weight is 236 g/mol. The molecule has 2 atom stereocenters. The summed E-state index contributed by atoms with van der Waals surface area (Å²) in [5.74, 6) is 0.278. The van der Waals surface area contributed by atoms with Crippen molar-refractivity contribution < 1.29 is 9.53 Å². The molecular weight excluding hydrogens is 216 g/mol. The fraction of sp³-hybridized carbons (Fsp3) is 0.769. The maximum atomic E-state index is 12.2. The Morgan fingerprint density at radius 2 is 2.12 bits per heavy atom. The van der Waals surface area contributed by atoms with Crippen molar-refractivity contribution in [2.24, 2.45) is 0 Å². The molecule has 2 fully saturated rings. The van der Waals surface area contributed by atoms with Crippen molar-refractivity contribution in [2.75, 3.05) is 32.8 Å². The van der Waals surface area contributed by atoms with Gasteiger partial charge in [-0.05, 0) is 19.3 Å². The molecule has 0 aliphatic carbocycles. The first-order valence-electron chi connectivity index (χ1n) is 6.62. The molecule has 2 saturated heterocycles. The molecule has 3 aliphatic rings. The molecule has 0 N–H and O–H groups in total. The van der Waals surface area contributed by atoms with Gasteiger partial charge in [-0.1, -0.05) is 12.2 Å². The van der Waals surface area contributed by atoms with Gasteiger partial charge in [-0.3, -0.25) is 9.69 Å². The van der Waals surface area contributed by atoms with Gasteiger partial charge in [0.2, 0.25) is 5.91 Å². The summed E-state index contributed by atoms with van der Waals surface area (Å²) in [4.78, 5) is 16.5. The van der Waals surface area contributed by atoms with Crippen molar-refractivity contribution in [3.05, 3.63) is 12.2 Å². The molecule has 3 rings (SSSR count). The second kappa shape index (κ2) is 4.78. The first-order valence-corrected chi connectivity index (χ1v) is 6.62. The second-order valence-electron chi connectivity index (χ2n) is 5.13. The van der Waals surface area contributed by atoms with Gasteiger partial charge in [0.05, 0.1) is 19.8 Å². The lowest BCUT2D eigenvalue weighted by Crippen LogP contribution is -2.48. The Balaban J connectivity index is 1.59. The van der Waals surface area contributed by atoms with E-state index in [0.717, 1.165) is 19.5 Å². The minimum Gasteiger partial charge on any atom is -0.378 e. The smallest absolute Gasteiger partial charge is 0.236 e. The molecule has 0 radical (unpaired) electrons. The molecule has 4 heteroatoms. The van der Waals surface area contributed by atoms with Crippen molar-refractivity contribution >= 4 is 5.91 Å². The Hall–Kier alpha value is -0.870. The quantitative estimate of drug-likeness (QED) is 0.660. The lowest BCUT2D eigenvalue weighted by Gasteiger charge is -2.34. The summed E-state index contributed by atoms with van der Waals surface area (Å²) in [5.41, 5.74) is 0. The zero-order chi connectivity index (χ0) is 11.7. The highest BCUT2D eigenvalue weighted by atomic mass is 16.5. The van der Waals surface area contributed by atoms with Crippen molar-refractivity contribution in [2.45, 2.75) is 31.3 Å². The van der Waals surface area contributed by atoms with Crippen LogP contribution in [0.5, 0.6) is 0 Å². The van der Waals surface area contributed by atoms with Crippen LogP contribution in [0.25, 0.3) is 0 Å². The molecule has 1 amide bonds. The Labute approximate surface area is 102 Å². The normalized spacial score (nSPS) is 33.1. The molecule has 3 heterocycles. The number of rotatable bonds is 2. The fourth-order valence-corrected chi connectivity index (χ4v) is 3.13. The SMILES string of the molecule is O=C(CN1C2C=CCC1CC2)N1CCOCC1. The van der Waals surface area contributed by atoms with Crippen molar-refractivity contribution in [3.8, 4) is 0 Å². The Morgan fingerprint density at radius 1 is 1.29 bits per heavy atom. The summed E-state index contributed by atoms with van der Waals surface area (Å²) in [5, 5.41) is 0. The molecule has 0 saturated carbocycles. The minimum atomic E-state index is 0.278. The van der Waals surface area contributed by atoms with Gasteiger partial charge in [0.25, 0.3) is 0 Å². The first-order chi connectivity index (χ1) is 8.34. The number of hydrogen-bond acceptors (Lipinski definition) is 3. The van der Waals surface area contributed by atoms with E-state index in [1.807, 2.05) is 4.90 Å². The van der Waals surface area contributed by atoms with E-state index in [1.165, 1.54) is 12.8 Å². The van der Waals surface area contributed by atoms with Crippen LogP contribution >= 0.6 is 0 Å². The standard InChI is InChI=1S/C13H20N2O2/c16-13(14-6-8-17-9-7-14)10-15-11-2-1-3-12(15)5-4-11/h1-2,11-12H,3-10H2. The van der Waals surface area contributed by atoms with E-state index in [9.17, 15) is 4.79 Å². The first kappa shape index (κ1) is 11.2. The lowest BCUT2D eigenvalue weighted by atomic mass is 10.1. The number of carbonyl (C=O) groups excluding carboxylic acids is 1. The Morgan fingerprint density at radius 3 is 2.88 bits per heavy atom. The van der Waals surface area contributed by atoms with Gasteiger partial charge in [-0.25, -0.2) is 0 Å². The monoisotopic (exact) mass is 236 g/mol. The number of nitrogens with zero attached hydrogens (tertiary/aromatic N) is 2. The summed E-state index contributed by atoms with van der Waals surface area (Å²) < 4.78 is 5.28. The summed E-state index contributed by atoms with van der Waals surface area (Å²) in [6.07, 6.45) is 8.13. The van der Waals surface area contributed by atoms with Crippen LogP contribution in [0.3, 0.4) is 0 Å². The lowest BCUT2D eigenvalue weighted by molar-refractivity contribution is -0.137. The van der Waals surface area contributed by atoms with Crippen molar-refractivity contribution in [1.82, 2.24) is 9.80 Å². The molecule has 0 aromatic carbocycles. The van der Waals surface area contributed by atoms with E-state index in [1.54, 1.807) is 0 Å². The van der Waals surface area contributed by atoms with Crippen molar-refractivity contribution in [3.63, 3.8) is 0 Å². The van der Waals surface area contributed by atoms with Gasteiger partial charge in [-0.2, -0.15) is 0 Å². The summed E-state index contributed by atoms with van der Waals surface area (Å²) in [7, 11) is 0. The number of hydrogen-bond donors (Lipinski definition) is 0. The summed E-state index contributed by atoms with van der Waals surface area (Å²) >= 11 is 0.